The molecular formula is C23H15ClOS. The lowest BCUT2D eigenvalue weighted by atomic mass is 9.98. The monoisotopic (exact) mass is 374 g/mol. The minimum Gasteiger partial charge on any atom is -0.455 e. The Morgan fingerprint density at radius 2 is 1.65 bits per heavy atom. The number of hydrogen-bond donors (Lipinski definition) is 0. The summed E-state index contributed by atoms with van der Waals surface area (Å²) in [6.45, 7) is 0. The molecule has 5 rings (SSSR count). The lowest BCUT2D eigenvalue weighted by molar-refractivity contribution is 0.673. The van der Waals surface area contributed by atoms with Gasteiger partial charge in [0.2, 0.25) is 0 Å². The first-order valence-electron chi connectivity index (χ1n) is 8.44. The quantitative estimate of drug-likeness (QED) is 0.292. The van der Waals surface area contributed by atoms with Gasteiger partial charge in [-0.2, -0.15) is 0 Å². The number of rotatable bonds is 2. The van der Waals surface area contributed by atoms with Crippen molar-refractivity contribution in [2.75, 3.05) is 6.26 Å². The predicted octanol–water partition coefficient (Wildman–Crippen LogP) is 7.78. The molecule has 26 heavy (non-hydrogen) atoms. The van der Waals surface area contributed by atoms with Crippen molar-refractivity contribution in [1.82, 2.24) is 0 Å². The van der Waals surface area contributed by atoms with Crippen LogP contribution in [0.15, 0.2) is 82.1 Å². The molecule has 0 bridgehead atoms. The van der Waals surface area contributed by atoms with Gasteiger partial charge in [0, 0.05) is 31.6 Å². The van der Waals surface area contributed by atoms with Gasteiger partial charge in [0.25, 0.3) is 0 Å². The van der Waals surface area contributed by atoms with Crippen LogP contribution in [-0.4, -0.2) is 6.26 Å². The molecule has 126 valence electrons. The van der Waals surface area contributed by atoms with Crippen molar-refractivity contribution in [2.24, 2.45) is 0 Å². The van der Waals surface area contributed by atoms with Crippen LogP contribution in [0.1, 0.15) is 0 Å². The molecule has 0 aliphatic heterocycles. The molecule has 3 heteroatoms. The van der Waals surface area contributed by atoms with E-state index in [4.69, 9.17) is 16.0 Å². The minimum atomic E-state index is 0.763. The molecule has 0 amide bonds. The average Bonchev–Trinajstić information content (AvgIpc) is 3.07. The van der Waals surface area contributed by atoms with E-state index in [2.05, 4.69) is 54.8 Å². The SMILES string of the molecule is CSc1cccc(Cl)c1-c1cccc2oc3c4ccccc4ccc3c12. The van der Waals surface area contributed by atoms with E-state index < -0.39 is 0 Å². The second kappa shape index (κ2) is 6.08. The van der Waals surface area contributed by atoms with Crippen LogP contribution in [-0.2, 0) is 0 Å². The summed E-state index contributed by atoms with van der Waals surface area (Å²) < 4.78 is 6.29. The molecule has 0 fully saturated rings. The van der Waals surface area contributed by atoms with Crippen molar-refractivity contribution in [1.29, 1.82) is 0 Å². The highest BCUT2D eigenvalue weighted by Gasteiger charge is 2.17. The Balaban J connectivity index is 1.96. The highest BCUT2D eigenvalue weighted by atomic mass is 35.5. The van der Waals surface area contributed by atoms with Gasteiger partial charge in [-0.25, -0.2) is 0 Å². The van der Waals surface area contributed by atoms with Crippen molar-refractivity contribution >= 4 is 56.1 Å². The Kier molecular flexibility index (Phi) is 3.70. The molecule has 0 saturated carbocycles. The summed E-state index contributed by atoms with van der Waals surface area (Å²) in [4.78, 5) is 1.17. The fraction of sp³-hybridized carbons (Fsp3) is 0.0435. The number of furan rings is 1. The number of thioether (sulfide) groups is 1. The van der Waals surface area contributed by atoms with Crippen LogP contribution in [0.3, 0.4) is 0 Å². The molecule has 0 N–H and O–H groups in total. The molecule has 5 aromatic rings. The highest BCUT2D eigenvalue weighted by molar-refractivity contribution is 7.98. The Morgan fingerprint density at radius 1 is 0.808 bits per heavy atom. The standard InChI is InChI=1S/C23H15ClOS/c1-26-20-11-5-9-18(24)22(20)16-8-4-10-19-21(16)17-13-12-14-6-2-3-7-15(14)23(17)25-19/h2-13H,1H3. The lowest BCUT2D eigenvalue weighted by Gasteiger charge is -2.11. The van der Waals surface area contributed by atoms with Gasteiger partial charge in [0.1, 0.15) is 11.2 Å². The molecule has 0 unspecified atom stereocenters. The first kappa shape index (κ1) is 15.8. The van der Waals surface area contributed by atoms with Gasteiger partial charge >= 0.3 is 0 Å². The summed E-state index contributed by atoms with van der Waals surface area (Å²) in [5.74, 6) is 0. The van der Waals surface area contributed by atoms with Gasteiger partial charge in [-0.1, -0.05) is 60.1 Å². The summed E-state index contributed by atoms with van der Waals surface area (Å²) in [5.41, 5.74) is 4.01. The lowest BCUT2D eigenvalue weighted by Crippen LogP contribution is -1.85. The second-order valence-electron chi connectivity index (χ2n) is 6.26. The number of halogens is 1. The number of hydrogen-bond acceptors (Lipinski definition) is 2. The van der Waals surface area contributed by atoms with E-state index in [1.807, 2.05) is 24.3 Å². The molecule has 0 spiro atoms. The van der Waals surface area contributed by atoms with Crippen LogP contribution < -0.4 is 0 Å². The Bertz CT molecular complexity index is 1290. The Labute approximate surface area is 160 Å². The first-order chi connectivity index (χ1) is 12.8. The van der Waals surface area contributed by atoms with Crippen LogP contribution >= 0.6 is 23.4 Å². The third-order valence-electron chi connectivity index (χ3n) is 4.85. The summed E-state index contributed by atoms with van der Waals surface area (Å²) >= 11 is 8.32. The molecule has 0 atom stereocenters. The van der Waals surface area contributed by atoms with E-state index in [-0.39, 0.29) is 0 Å². The molecule has 1 nitrogen and oxygen atoms in total. The normalized spacial score (nSPS) is 11.6. The summed E-state index contributed by atoms with van der Waals surface area (Å²) in [5, 5.41) is 5.33. The van der Waals surface area contributed by atoms with E-state index >= 15 is 0 Å². The number of benzene rings is 4. The zero-order valence-corrected chi connectivity index (χ0v) is 15.7. The average molecular weight is 375 g/mol. The van der Waals surface area contributed by atoms with Crippen molar-refractivity contribution < 1.29 is 4.42 Å². The fourth-order valence-corrected chi connectivity index (χ4v) is 4.67. The van der Waals surface area contributed by atoms with E-state index in [0.29, 0.717) is 0 Å². The summed E-state index contributed by atoms with van der Waals surface area (Å²) in [7, 11) is 0. The molecule has 0 saturated heterocycles. The fourth-order valence-electron chi connectivity index (χ4n) is 3.70. The highest BCUT2D eigenvalue weighted by Crippen LogP contribution is 2.44. The van der Waals surface area contributed by atoms with Gasteiger partial charge in [-0.3, -0.25) is 0 Å². The molecular weight excluding hydrogens is 360 g/mol. The van der Waals surface area contributed by atoms with Crippen LogP contribution in [0, 0.1) is 0 Å². The van der Waals surface area contributed by atoms with Crippen molar-refractivity contribution in [3.8, 4) is 11.1 Å². The summed E-state index contributed by atoms with van der Waals surface area (Å²) in [6.07, 6.45) is 2.08. The minimum absolute atomic E-state index is 0.763. The van der Waals surface area contributed by atoms with E-state index in [9.17, 15) is 0 Å². The van der Waals surface area contributed by atoms with Gasteiger partial charge in [0.05, 0.1) is 0 Å². The van der Waals surface area contributed by atoms with Crippen LogP contribution in [0.4, 0.5) is 0 Å². The smallest absolute Gasteiger partial charge is 0.143 e. The van der Waals surface area contributed by atoms with Crippen LogP contribution in [0.5, 0.6) is 0 Å². The molecule has 4 aromatic carbocycles. The molecule has 0 aliphatic carbocycles. The van der Waals surface area contributed by atoms with E-state index in [0.717, 1.165) is 43.5 Å². The van der Waals surface area contributed by atoms with Gasteiger partial charge in [-0.15, -0.1) is 11.8 Å². The van der Waals surface area contributed by atoms with Crippen LogP contribution in [0.25, 0.3) is 43.8 Å². The zero-order valence-electron chi connectivity index (χ0n) is 14.1. The zero-order chi connectivity index (χ0) is 17.7. The van der Waals surface area contributed by atoms with Gasteiger partial charge in [0.15, 0.2) is 0 Å². The van der Waals surface area contributed by atoms with Crippen LogP contribution in [0.2, 0.25) is 5.02 Å². The van der Waals surface area contributed by atoms with Gasteiger partial charge in [-0.05, 0) is 41.5 Å². The van der Waals surface area contributed by atoms with Crippen molar-refractivity contribution in [3.63, 3.8) is 0 Å². The maximum atomic E-state index is 6.61. The topological polar surface area (TPSA) is 13.1 Å². The first-order valence-corrected chi connectivity index (χ1v) is 10.0. The molecule has 0 aliphatic rings. The Hall–Kier alpha value is -2.42. The molecule has 0 radical (unpaired) electrons. The van der Waals surface area contributed by atoms with Crippen molar-refractivity contribution in [3.05, 3.63) is 77.8 Å². The van der Waals surface area contributed by atoms with E-state index in [1.54, 1.807) is 11.8 Å². The van der Waals surface area contributed by atoms with E-state index in [1.165, 1.54) is 10.3 Å². The maximum absolute atomic E-state index is 6.61. The number of fused-ring (bicyclic) bond motifs is 5. The van der Waals surface area contributed by atoms with Crippen molar-refractivity contribution in [2.45, 2.75) is 4.90 Å². The Morgan fingerprint density at radius 3 is 2.54 bits per heavy atom. The largest absolute Gasteiger partial charge is 0.455 e. The molecule has 1 heterocycles. The summed E-state index contributed by atoms with van der Waals surface area (Å²) in [6, 6.07) is 24.9. The third-order valence-corrected chi connectivity index (χ3v) is 5.95. The predicted molar refractivity (Wildman–Crippen MR) is 113 cm³/mol. The molecule has 1 aromatic heterocycles. The third kappa shape index (κ3) is 2.26. The second-order valence-corrected chi connectivity index (χ2v) is 7.52. The van der Waals surface area contributed by atoms with Gasteiger partial charge < -0.3 is 4.42 Å². The maximum Gasteiger partial charge on any atom is 0.143 e.